The first-order chi connectivity index (χ1) is 26.6. The lowest BCUT2D eigenvalue weighted by molar-refractivity contribution is -0.136. The zero-order valence-corrected chi connectivity index (χ0v) is 31.6. The van der Waals surface area contributed by atoms with Crippen LogP contribution in [0.2, 0.25) is 0 Å². The number of nitrogens with zero attached hydrogens (tertiary/aromatic N) is 6. The Bertz CT molecular complexity index is 2000. The lowest BCUT2D eigenvalue weighted by Crippen LogP contribution is -2.54. The molecule has 2 atom stereocenters. The van der Waals surface area contributed by atoms with Crippen molar-refractivity contribution in [2.24, 2.45) is 11.7 Å². The van der Waals surface area contributed by atoms with E-state index in [1.54, 1.807) is 12.1 Å². The normalized spacial score (nSPS) is 22.4. The van der Waals surface area contributed by atoms with Gasteiger partial charge >= 0.3 is 0 Å². The summed E-state index contributed by atoms with van der Waals surface area (Å²) in [5, 5.41) is 2.25. The number of imide groups is 2. The predicted octanol–water partition coefficient (Wildman–Crippen LogP) is 3.77. The summed E-state index contributed by atoms with van der Waals surface area (Å²) in [6.45, 7) is 8.74. The van der Waals surface area contributed by atoms with Gasteiger partial charge in [-0.05, 0) is 119 Å². The molecule has 3 N–H and O–H groups in total. The average molecular weight is 747 g/mol. The molecule has 4 saturated heterocycles. The fraction of sp³-hybridized carbons (Fsp3) is 0.500. The fourth-order valence-electron chi connectivity index (χ4n) is 9.23. The molecule has 13 nitrogen and oxygen atoms in total. The Morgan fingerprint density at radius 2 is 1.56 bits per heavy atom. The van der Waals surface area contributed by atoms with Crippen LogP contribution in [0.25, 0.3) is 0 Å². The number of aryl methyl sites for hydroxylation is 3. The summed E-state index contributed by atoms with van der Waals surface area (Å²) in [4.78, 5) is 80.5. The number of piperidine rings is 3. The molecule has 55 heavy (non-hydrogen) atoms. The van der Waals surface area contributed by atoms with Crippen LogP contribution in [0.3, 0.4) is 0 Å². The van der Waals surface area contributed by atoms with Gasteiger partial charge in [-0.1, -0.05) is 24.3 Å². The number of benzene rings is 2. The smallest absolute Gasteiger partial charge is 0.269 e. The molecular weight excluding hydrogens is 697 g/mol. The molecule has 0 spiro atoms. The van der Waals surface area contributed by atoms with Crippen LogP contribution in [0.1, 0.15) is 111 Å². The molecule has 13 heteroatoms. The fourth-order valence-corrected chi connectivity index (χ4v) is 9.23. The van der Waals surface area contributed by atoms with Gasteiger partial charge in [0.15, 0.2) is 0 Å². The summed E-state index contributed by atoms with van der Waals surface area (Å²) in [7, 11) is 0. The monoisotopic (exact) mass is 746 g/mol. The molecule has 5 aliphatic rings. The molecule has 5 aliphatic heterocycles. The van der Waals surface area contributed by atoms with Crippen molar-refractivity contribution in [2.75, 3.05) is 55.6 Å². The van der Waals surface area contributed by atoms with Crippen molar-refractivity contribution < 1.29 is 24.0 Å². The first-order valence-electron chi connectivity index (χ1n) is 20.0. The van der Waals surface area contributed by atoms with Crippen molar-refractivity contribution in [3.8, 4) is 0 Å². The van der Waals surface area contributed by atoms with Crippen LogP contribution >= 0.6 is 0 Å². The van der Waals surface area contributed by atoms with Gasteiger partial charge in [0.25, 0.3) is 17.7 Å². The number of nitrogens with one attached hydrogen (secondary N) is 1. The van der Waals surface area contributed by atoms with Gasteiger partial charge in [-0.2, -0.15) is 0 Å². The number of rotatable bonds is 10. The molecular formula is C42H50N8O5. The maximum absolute atomic E-state index is 13.3. The Morgan fingerprint density at radius 1 is 0.818 bits per heavy atom. The molecule has 6 heterocycles. The van der Waals surface area contributed by atoms with Crippen molar-refractivity contribution in [1.82, 2.24) is 25.1 Å². The van der Waals surface area contributed by atoms with Gasteiger partial charge in [-0.15, -0.1) is 0 Å². The highest BCUT2D eigenvalue weighted by Gasteiger charge is 2.45. The third-order valence-electron chi connectivity index (χ3n) is 12.3. The highest BCUT2D eigenvalue weighted by Crippen LogP contribution is 2.34. The standard InChI is InChI=1S/C42H50N8O5/c1-26-39(48-18-3-2-4-19-48)45-34(37(44-26)38(43)52)12-7-27-5-8-29(9-6-27)30-16-20-47(21-17-30)24-28-15-22-49(25-28)31-10-11-32-33(23-31)42(55)50(41(32)54)35-13-14-36(51)46-40(35)53/h5-6,8-11,23,28,30,35H,2-4,7,12-22,24-25H2,1H3,(H2,43,52)(H,46,51,53). The Balaban J connectivity index is 0.820. The Kier molecular flexibility index (Phi) is 10.4. The number of nitrogens with two attached hydrogens (primary N) is 1. The van der Waals surface area contributed by atoms with Crippen LogP contribution in [-0.2, 0) is 22.4 Å². The third-order valence-corrected chi connectivity index (χ3v) is 12.3. The van der Waals surface area contributed by atoms with E-state index < -0.39 is 29.7 Å². The predicted molar refractivity (Wildman–Crippen MR) is 207 cm³/mol. The second-order valence-corrected chi connectivity index (χ2v) is 15.9. The number of primary amides is 1. The third kappa shape index (κ3) is 7.58. The van der Waals surface area contributed by atoms with Gasteiger partial charge in [0.05, 0.1) is 22.5 Å². The Labute approximate surface area is 321 Å². The van der Waals surface area contributed by atoms with Crippen molar-refractivity contribution in [2.45, 2.75) is 83.1 Å². The lowest BCUT2D eigenvalue weighted by atomic mass is 9.88. The van der Waals surface area contributed by atoms with Gasteiger partial charge < -0.3 is 20.4 Å². The molecule has 5 amide bonds. The van der Waals surface area contributed by atoms with Crippen LogP contribution in [0.5, 0.6) is 0 Å². The number of hydrogen-bond donors (Lipinski definition) is 2. The van der Waals surface area contributed by atoms with E-state index in [1.165, 1.54) is 17.5 Å². The highest BCUT2D eigenvalue weighted by atomic mass is 16.2. The quantitative estimate of drug-likeness (QED) is 0.292. The van der Waals surface area contributed by atoms with Gasteiger partial charge in [0.1, 0.15) is 17.6 Å². The first kappa shape index (κ1) is 36.8. The molecule has 2 unspecified atom stereocenters. The molecule has 3 aromatic rings. The molecule has 0 radical (unpaired) electrons. The maximum Gasteiger partial charge on any atom is 0.269 e. The van der Waals surface area contributed by atoms with Crippen LogP contribution in [0.4, 0.5) is 11.5 Å². The minimum atomic E-state index is -0.962. The molecule has 0 saturated carbocycles. The first-order valence-corrected chi connectivity index (χ1v) is 20.0. The van der Waals surface area contributed by atoms with Gasteiger partial charge in [-0.3, -0.25) is 34.2 Å². The zero-order chi connectivity index (χ0) is 38.2. The zero-order valence-electron chi connectivity index (χ0n) is 31.6. The van der Waals surface area contributed by atoms with E-state index >= 15 is 0 Å². The maximum atomic E-state index is 13.3. The van der Waals surface area contributed by atoms with Gasteiger partial charge in [-0.25, -0.2) is 9.97 Å². The summed E-state index contributed by atoms with van der Waals surface area (Å²) >= 11 is 0. The largest absolute Gasteiger partial charge is 0.371 e. The highest BCUT2D eigenvalue weighted by molar-refractivity contribution is 6.23. The van der Waals surface area contributed by atoms with E-state index in [1.807, 2.05) is 13.0 Å². The number of hydrogen-bond acceptors (Lipinski definition) is 10. The Hall–Kier alpha value is -5.17. The number of aromatic nitrogens is 2. The molecule has 8 rings (SSSR count). The molecule has 1 aromatic heterocycles. The van der Waals surface area contributed by atoms with E-state index in [4.69, 9.17) is 10.7 Å². The van der Waals surface area contributed by atoms with Gasteiger partial charge in [0, 0.05) is 44.8 Å². The second-order valence-electron chi connectivity index (χ2n) is 15.9. The summed E-state index contributed by atoms with van der Waals surface area (Å²) in [6.07, 6.45) is 8.41. The average Bonchev–Trinajstić information content (AvgIpc) is 3.76. The molecule has 0 aliphatic carbocycles. The summed E-state index contributed by atoms with van der Waals surface area (Å²) in [6, 6.07) is 13.4. The van der Waals surface area contributed by atoms with Crippen molar-refractivity contribution in [1.29, 1.82) is 0 Å². The molecule has 288 valence electrons. The van der Waals surface area contributed by atoms with Crippen LogP contribution in [0.15, 0.2) is 42.5 Å². The number of anilines is 2. The SMILES string of the molecule is Cc1nc(C(N)=O)c(CCc2ccc(C3CCN(CC4CCN(c5ccc6c(c5)C(=O)N(C5CCC(=O)NC5=O)C6=O)C4)CC3)cc2)nc1N1CCCCC1. The number of likely N-dealkylation sites (tertiary alicyclic amines) is 1. The topological polar surface area (TPSA) is 162 Å². The number of carbonyl (C=O) groups is 5. The van der Waals surface area contributed by atoms with Crippen LogP contribution < -0.4 is 20.9 Å². The van der Waals surface area contributed by atoms with Crippen molar-refractivity contribution >= 4 is 41.0 Å². The number of amides is 5. The number of fused-ring (bicyclic) bond motifs is 1. The van der Waals surface area contributed by atoms with E-state index in [2.05, 4.69) is 49.3 Å². The van der Waals surface area contributed by atoms with Crippen LogP contribution in [0, 0.1) is 12.8 Å². The molecule has 2 aromatic carbocycles. The second kappa shape index (κ2) is 15.5. The lowest BCUT2D eigenvalue weighted by Gasteiger charge is -2.34. The van der Waals surface area contributed by atoms with E-state index in [-0.39, 0.29) is 24.4 Å². The number of carbonyl (C=O) groups excluding carboxylic acids is 5. The van der Waals surface area contributed by atoms with E-state index in [0.717, 1.165) is 106 Å². The van der Waals surface area contributed by atoms with Crippen molar-refractivity contribution in [3.63, 3.8) is 0 Å². The Morgan fingerprint density at radius 3 is 2.29 bits per heavy atom. The molecule has 4 fully saturated rings. The van der Waals surface area contributed by atoms with Gasteiger partial charge in [0.2, 0.25) is 11.8 Å². The summed E-state index contributed by atoms with van der Waals surface area (Å²) in [5.41, 5.74) is 11.6. The minimum Gasteiger partial charge on any atom is -0.371 e. The van der Waals surface area contributed by atoms with Crippen molar-refractivity contribution in [3.05, 3.63) is 81.8 Å². The summed E-state index contributed by atoms with van der Waals surface area (Å²) < 4.78 is 0. The van der Waals surface area contributed by atoms with E-state index in [0.29, 0.717) is 35.1 Å². The summed E-state index contributed by atoms with van der Waals surface area (Å²) in [5.74, 6) is -0.552. The molecule has 0 bridgehead atoms. The van der Waals surface area contributed by atoms with Crippen LogP contribution in [-0.4, -0.2) is 101 Å². The minimum absolute atomic E-state index is 0.100. The van der Waals surface area contributed by atoms with E-state index in [9.17, 15) is 24.0 Å².